The van der Waals surface area contributed by atoms with Crippen LogP contribution in [0.3, 0.4) is 0 Å². The molecule has 2 aromatic carbocycles. The molecule has 3 rings (SSSR count). The van der Waals surface area contributed by atoms with Gasteiger partial charge in [0.25, 0.3) is 0 Å². The van der Waals surface area contributed by atoms with E-state index in [1.54, 1.807) is 7.11 Å². The van der Waals surface area contributed by atoms with Crippen molar-refractivity contribution in [2.75, 3.05) is 19.0 Å². The topological polar surface area (TPSA) is 73.3 Å². The third-order valence-corrected chi connectivity index (χ3v) is 5.76. The molecule has 0 saturated carbocycles. The van der Waals surface area contributed by atoms with Gasteiger partial charge < -0.3 is 19.6 Å². The molecule has 0 amide bonds. The first-order valence-electron chi connectivity index (χ1n) is 11.0. The minimum atomic E-state index is 0.0612. The van der Waals surface area contributed by atoms with Crippen LogP contribution in [0.15, 0.2) is 40.9 Å². The Bertz CT molecular complexity index is 1060. The van der Waals surface area contributed by atoms with Crippen LogP contribution in [0.2, 0.25) is 0 Å². The zero-order chi connectivity index (χ0) is 22.9. The Hall–Kier alpha value is -2.67. The van der Waals surface area contributed by atoms with Crippen molar-refractivity contribution < 1.29 is 14.3 Å². The number of carbonyl (C=O) groups is 1. The van der Waals surface area contributed by atoms with Crippen molar-refractivity contribution in [1.29, 1.82) is 0 Å². The lowest BCUT2D eigenvalue weighted by molar-refractivity contribution is -0.107. The number of methoxy groups -OCH3 is 1. The molecule has 0 unspecified atom stereocenters. The van der Waals surface area contributed by atoms with Gasteiger partial charge in [-0.05, 0) is 50.5 Å². The third kappa shape index (κ3) is 6.42. The summed E-state index contributed by atoms with van der Waals surface area (Å²) in [7, 11) is 1.64. The van der Waals surface area contributed by atoms with Crippen molar-refractivity contribution in [3.63, 3.8) is 0 Å². The molecule has 1 N–H and O–H groups in total. The van der Waals surface area contributed by atoms with E-state index in [4.69, 9.17) is 9.47 Å². The van der Waals surface area contributed by atoms with Gasteiger partial charge in [-0.3, -0.25) is 0 Å². The molecule has 7 heteroatoms. The van der Waals surface area contributed by atoms with Crippen LogP contribution in [0.5, 0.6) is 11.5 Å². The summed E-state index contributed by atoms with van der Waals surface area (Å²) in [5.41, 5.74) is 1.96. The van der Waals surface area contributed by atoms with Gasteiger partial charge in [-0.15, -0.1) is 0 Å². The van der Waals surface area contributed by atoms with Crippen LogP contribution in [0, 0.1) is 6.92 Å². The Morgan fingerprint density at radius 1 is 1.09 bits per heavy atom. The van der Waals surface area contributed by atoms with Gasteiger partial charge >= 0.3 is 0 Å². The fourth-order valence-corrected chi connectivity index (χ4v) is 3.98. The number of aryl methyl sites for hydroxylation is 1. The molecule has 1 heterocycles. The van der Waals surface area contributed by atoms with E-state index >= 15 is 0 Å². The number of aromatic nitrogens is 2. The minimum absolute atomic E-state index is 0.0612. The van der Waals surface area contributed by atoms with Gasteiger partial charge in [-0.1, -0.05) is 40.9 Å². The molecule has 1 aromatic heterocycles. The maximum Gasteiger partial charge on any atom is 0.163 e. The second-order valence-electron chi connectivity index (χ2n) is 7.78. The zero-order valence-electron chi connectivity index (χ0n) is 18.9. The molecule has 0 fully saturated rings. The number of hydrogen-bond acceptors (Lipinski definition) is 6. The second-order valence-corrected chi connectivity index (χ2v) is 8.69. The van der Waals surface area contributed by atoms with Crippen molar-refractivity contribution in [2.45, 2.75) is 52.0 Å². The largest absolute Gasteiger partial charge is 0.493 e. The lowest BCUT2D eigenvalue weighted by Crippen LogP contribution is -2.10. The molecule has 6 nitrogen and oxygen atoms in total. The molecule has 1 atom stereocenters. The number of fused-ring (bicyclic) bond motifs is 1. The lowest BCUT2D eigenvalue weighted by Gasteiger charge is -2.18. The van der Waals surface area contributed by atoms with E-state index in [2.05, 4.69) is 50.3 Å². The smallest absolute Gasteiger partial charge is 0.163 e. The van der Waals surface area contributed by atoms with Crippen LogP contribution in [0.4, 0.5) is 5.82 Å². The Labute approximate surface area is 197 Å². The van der Waals surface area contributed by atoms with Crippen molar-refractivity contribution >= 4 is 38.9 Å². The molecule has 32 heavy (non-hydrogen) atoms. The monoisotopic (exact) mass is 499 g/mol. The molecule has 0 bridgehead atoms. The average molecular weight is 500 g/mol. The number of ether oxygens (including phenoxy) is 2. The van der Waals surface area contributed by atoms with Gasteiger partial charge in [0.15, 0.2) is 11.5 Å². The zero-order valence-corrected chi connectivity index (χ0v) is 20.4. The summed E-state index contributed by atoms with van der Waals surface area (Å²) in [5.74, 6) is 2.79. The number of halogens is 1. The summed E-state index contributed by atoms with van der Waals surface area (Å²) in [4.78, 5) is 19.7. The number of carbonyl (C=O) groups excluding carboxylic acids is 1. The van der Waals surface area contributed by atoms with E-state index in [1.807, 2.05) is 31.2 Å². The van der Waals surface area contributed by atoms with Crippen LogP contribution < -0.4 is 14.8 Å². The highest BCUT2D eigenvalue weighted by Gasteiger charge is 2.15. The number of nitrogens with one attached hydrogen (secondary N) is 1. The molecule has 0 aliphatic rings. The SMILES string of the molecule is COc1cc2c(N[C@H](C)c3cccc(Br)c3)nc(C)nc2cc1OCCCCCCC=O. The standard InChI is InChI=1S/C25H30BrN3O3/c1-17(19-10-9-11-20(26)14-19)27-25-21-15-23(31-3)24(16-22(21)28-18(2)29-25)32-13-8-6-4-5-7-12-30/h9-12,14-17H,4-8,13H2,1-3H3,(H,27,28,29)/t17-/m1/s1. The van der Waals surface area contributed by atoms with E-state index in [-0.39, 0.29) is 6.04 Å². The average Bonchev–Trinajstić information content (AvgIpc) is 2.78. The predicted octanol–water partition coefficient (Wildman–Crippen LogP) is 6.41. The maximum absolute atomic E-state index is 10.4. The van der Waals surface area contributed by atoms with Crippen molar-refractivity contribution in [3.05, 3.63) is 52.3 Å². The number of hydrogen-bond donors (Lipinski definition) is 1. The van der Waals surface area contributed by atoms with Crippen LogP contribution in [0.1, 0.15) is 56.5 Å². The molecular formula is C25H30BrN3O3. The fraction of sp³-hybridized carbons (Fsp3) is 0.400. The van der Waals surface area contributed by atoms with Gasteiger partial charge in [-0.25, -0.2) is 9.97 Å². The van der Waals surface area contributed by atoms with Gasteiger partial charge in [0.05, 0.1) is 25.3 Å². The Kier molecular flexibility index (Phi) is 8.85. The highest BCUT2D eigenvalue weighted by atomic mass is 79.9. The number of nitrogens with zero attached hydrogens (tertiary/aromatic N) is 2. The van der Waals surface area contributed by atoms with Gasteiger partial charge in [0, 0.05) is 22.3 Å². The number of benzene rings is 2. The first-order valence-corrected chi connectivity index (χ1v) is 11.8. The number of aldehydes is 1. The number of rotatable bonds is 12. The van der Waals surface area contributed by atoms with E-state index in [0.717, 1.165) is 58.7 Å². The molecule has 3 aromatic rings. The van der Waals surface area contributed by atoms with Crippen LogP contribution in [0.25, 0.3) is 10.9 Å². The molecule has 170 valence electrons. The van der Waals surface area contributed by atoms with Crippen molar-refractivity contribution in [2.24, 2.45) is 0 Å². The van der Waals surface area contributed by atoms with E-state index in [0.29, 0.717) is 30.4 Å². The quantitative estimate of drug-likeness (QED) is 0.229. The van der Waals surface area contributed by atoms with Crippen LogP contribution in [-0.4, -0.2) is 30.0 Å². The second kappa shape index (κ2) is 11.8. The fourth-order valence-electron chi connectivity index (χ4n) is 3.56. The highest BCUT2D eigenvalue weighted by Crippen LogP contribution is 2.35. The number of anilines is 1. The van der Waals surface area contributed by atoms with Crippen molar-refractivity contribution in [3.8, 4) is 11.5 Å². The maximum atomic E-state index is 10.4. The van der Waals surface area contributed by atoms with E-state index in [1.165, 1.54) is 0 Å². The summed E-state index contributed by atoms with van der Waals surface area (Å²) >= 11 is 3.54. The van der Waals surface area contributed by atoms with E-state index in [9.17, 15) is 4.79 Å². The first kappa shape index (κ1) is 24.0. The lowest BCUT2D eigenvalue weighted by atomic mass is 10.1. The Morgan fingerprint density at radius 2 is 1.91 bits per heavy atom. The summed E-state index contributed by atoms with van der Waals surface area (Å²) in [6.07, 6.45) is 5.55. The van der Waals surface area contributed by atoms with E-state index < -0.39 is 0 Å². The molecule has 0 spiro atoms. The van der Waals surface area contributed by atoms with Gasteiger partial charge in [-0.2, -0.15) is 0 Å². The summed E-state index contributed by atoms with van der Waals surface area (Å²) in [6.45, 7) is 4.59. The minimum Gasteiger partial charge on any atom is -0.493 e. The molecule has 0 radical (unpaired) electrons. The number of unbranched alkanes of at least 4 members (excludes halogenated alkanes) is 4. The molecule has 0 aliphatic carbocycles. The summed E-state index contributed by atoms with van der Waals surface area (Å²) in [6, 6.07) is 12.1. The van der Waals surface area contributed by atoms with Crippen molar-refractivity contribution in [1.82, 2.24) is 9.97 Å². The Morgan fingerprint density at radius 3 is 2.66 bits per heavy atom. The van der Waals surface area contributed by atoms with Gasteiger partial charge in [0.2, 0.25) is 0 Å². The van der Waals surface area contributed by atoms with Crippen LogP contribution >= 0.6 is 15.9 Å². The van der Waals surface area contributed by atoms with Crippen LogP contribution in [-0.2, 0) is 4.79 Å². The molecular weight excluding hydrogens is 470 g/mol. The molecule has 0 aliphatic heterocycles. The normalized spacial score (nSPS) is 11.9. The Balaban J connectivity index is 1.78. The summed E-state index contributed by atoms with van der Waals surface area (Å²) < 4.78 is 12.6. The summed E-state index contributed by atoms with van der Waals surface area (Å²) in [5, 5.41) is 4.41. The predicted molar refractivity (Wildman–Crippen MR) is 132 cm³/mol. The third-order valence-electron chi connectivity index (χ3n) is 5.27. The highest BCUT2D eigenvalue weighted by molar-refractivity contribution is 9.10. The first-order chi connectivity index (χ1) is 15.5. The molecule has 0 saturated heterocycles. The van der Waals surface area contributed by atoms with Gasteiger partial charge in [0.1, 0.15) is 17.9 Å².